The van der Waals surface area contributed by atoms with Gasteiger partial charge in [-0.1, -0.05) is 0 Å². The van der Waals surface area contributed by atoms with E-state index in [1.165, 1.54) is 12.1 Å². The molecule has 0 spiro atoms. The molecule has 0 aromatic heterocycles. The number of rotatable bonds is 5. The standard InChI is InChI=1S/C9H11IN2O4/c10-8-3-6(12(15)16)1-2-9(8)11-4-7(14)5-13/h1-3,7,11,13-14H,4-5H2. The predicted molar refractivity (Wildman–Crippen MR) is 67.4 cm³/mol. The second-order valence-corrected chi connectivity index (χ2v) is 4.30. The van der Waals surface area contributed by atoms with Gasteiger partial charge in [-0.15, -0.1) is 0 Å². The number of anilines is 1. The third kappa shape index (κ3) is 3.58. The summed E-state index contributed by atoms with van der Waals surface area (Å²) < 4.78 is 0.692. The molecule has 0 saturated carbocycles. The van der Waals surface area contributed by atoms with E-state index in [1.807, 2.05) is 22.6 Å². The van der Waals surface area contributed by atoms with Gasteiger partial charge in [0.2, 0.25) is 0 Å². The van der Waals surface area contributed by atoms with Crippen LogP contribution in [0.15, 0.2) is 18.2 Å². The van der Waals surface area contributed by atoms with Gasteiger partial charge in [-0.3, -0.25) is 10.1 Å². The number of hydrogen-bond donors (Lipinski definition) is 3. The van der Waals surface area contributed by atoms with Gasteiger partial charge in [0.1, 0.15) is 0 Å². The summed E-state index contributed by atoms with van der Waals surface area (Å²) in [6, 6.07) is 4.40. The fourth-order valence-electron chi connectivity index (χ4n) is 1.05. The Morgan fingerprint density at radius 2 is 2.25 bits per heavy atom. The summed E-state index contributed by atoms with van der Waals surface area (Å²) in [7, 11) is 0. The highest BCUT2D eigenvalue weighted by atomic mass is 127. The maximum absolute atomic E-state index is 10.5. The van der Waals surface area contributed by atoms with E-state index in [0.29, 0.717) is 9.26 Å². The molecular weight excluding hydrogens is 327 g/mol. The molecule has 1 aromatic carbocycles. The zero-order chi connectivity index (χ0) is 12.1. The maximum Gasteiger partial charge on any atom is 0.270 e. The lowest BCUT2D eigenvalue weighted by Crippen LogP contribution is -2.23. The SMILES string of the molecule is O=[N+]([O-])c1ccc(NCC(O)CO)c(I)c1. The topological polar surface area (TPSA) is 95.6 Å². The van der Waals surface area contributed by atoms with E-state index in [1.54, 1.807) is 6.07 Å². The molecule has 0 bridgehead atoms. The molecule has 3 N–H and O–H groups in total. The first-order valence-electron chi connectivity index (χ1n) is 4.51. The van der Waals surface area contributed by atoms with Gasteiger partial charge in [0.15, 0.2) is 0 Å². The van der Waals surface area contributed by atoms with Crippen LogP contribution in [0.1, 0.15) is 0 Å². The van der Waals surface area contributed by atoms with E-state index in [4.69, 9.17) is 10.2 Å². The third-order valence-corrected chi connectivity index (χ3v) is 2.79. The van der Waals surface area contributed by atoms with Crippen molar-refractivity contribution in [3.63, 3.8) is 0 Å². The molecule has 0 aliphatic rings. The van der Waals surface area contributed by atoms with E-state index in [0.717, 1.165) is 0 Å². The molecule has 16 heavy (non-hydrogen) atoms. The molecule has 88 valence electrons. The third-order valence-electron chi connectivity index (χ3n) is 1.90. The minimum atomic E-state index is -0.842. The van der Waals surface area contributed by atoms with Crippen molar-refractivity contribution in [3.05, 3.63) is 31.9 Å². The lowest BCUT2D eigenvalue weighted by atomic mass is 10.2. The Balaban J connectivity index is 2.72. The average Bonchev–Trinajstić information content (AvgIpc) is 2.26. The normalized spacial score (nSPS) is 12.2. The molecule has 0 heterocycles. The highest BCUT2D eigenvalue weighted by Gasteiger charge is 2.09. The minimum absolute atomic E-state index is 0.0256. The van der Waals surface area contributed by atoms with Crippen LogP contribution in [0.25, 0.3) is 0 Å². The highest BCUT2D eigenvalue weighted by molar-refractivity contribution is 14.1. The monoisotopic (exact) mass is 338 g/mol. The van der Waals surface area contributed by atoms with Gasteiger partial charge < -0.3 is 15.5 Å². The quantitative estimate of drug-likeness (QED) is 0.422. The highest BCUT2D eigenvalue weighted by Crippen LogP contribution is 2.23. The molecule has 6 nitrogen and oxygen atoms in total. The first-order chi connectivity index (χ1) is 7.54. The molecule has 1 rings (SSSR count). The van der Waals surface area contributed by atoms with Crippen LogP contribution in [0.4, 0.5) is 11.4 Å². The van der Waals surface area contributed by atoms with Crippen LogP contribution in [0.2, 0.25) is 0 Å². The number of hydrogen-bond acceptors (Lipinski definition) is 5. The van der Waals surface area contributed by atoms with Gasteiger partial charge in [-0.2, -0.15) is 0 Å². The van der Waals surface area contributed by atoms with Gasteiger partial charge in [0.25, 0.3) is 5.69 Å². The van der Waals surface area contributed by atoms with E-state index in [-0.39, 0.29) is 18.8 Å². The van der Waals surface area contributed by atoms with Crippen molar-refractivity contribution in [1.82, 2.24) is 0 Å². The number of nitro benzene ring substituents is 1. The molecule has 1 aromatic rings. The second-order valence-electron chi connectivity index (χ2n) is 3.14. The molecule has 1 atom stereocenters. The number of nitro groups is 1. The van der Waals surface area contributed by atoms with E-state index in [2.05, 4.69) is 5.32 Å². The van der Waals surface area contributed by atoms with Gasteiger partial charge in [-0.05, 0) is 28.7 Å². The molecule has 0 radical (unpaired) electrons. The molecule has 0 fully saturated rings. The lowest BCUT2D eigenvalue weighted by molar-refractivity contribution is -0.384. The molecule has 0 aliphatic carbocycles. The van der Waals surface area contributed by atoms with Crippen LogP contribution in [0, 0.1) is 13.7 Å². The molecule has 0 saturated heterocycles. The van der Waals surface area contributed by atoms with Gasteiger partial charge >= 0.3 is 0 Å². The predicted octanol–water partition coefficient (Wildman–Crippen LogP) is 0.964. The smallest absolute Gasteiger partial charge is 0.270 e. The molecule has 0 aliphatic heterocycles. The molecule has 1 unspecified atom stereocenters. The largest absolute Gasteiger partial charge is 0.394 e. The van der Waals surface area contributed by atoms with Gasteiger partial charge in [-0.25, -0.2) is 0 Å². The number of nitrogens with zero attached hydrogens (tertiary/aromatic N) is 1. The summed E-state index contributed by atoms with van der Waals surface area (Å²) in [5.74, 6) is 0. The summed E-state index contributed by atoms with van der Waals surface area (Å²) in [6.45, 7) is -0.124. The Hall–Kier alpha value is -0.930. The first kappa shape index (κ1) is 13.1. The van der Waals surface area contributed by atoms with Crippen LogP contribution in [0.3, 0.4) is 0 Å². The Labute approximate surface area is 106 Å². The zero-order valence-corrected chi connectivity index (χ0v) is 10.4. The summed E-state index contributed by atoms with van der Waals surface area (Å²) in [4.78, 5) is 10.0. The zero-order valence-electron chi connectivity index (χ0n) is 8.26. The number of nitrogens with one attached hydrogen (secondary N) is 1. The number of aliphatic hydroxyl groups excluding tert-OH is 2. The van der Waals surface area contributed by atoms with E-state index in [9.17, 15) is 10.1 Å². The molecule has 7 heteroatoms. The van der Waals surface area contributed by atoms with Crippen LogP contribution >= 0.6 is 22.6 Å². The van der Waals surface area contributed by atoms with Crippen LogP contribution in [0.5, 0.6) is 0 Å². The molecule has 0 amide bonds. The van der Waals surface area contributed by atoms with Crippen LogP contribution < -0.4 is 5.32 Å². The summed E-state index contributed by atoms with van der Waals surface area (Å²) >= 11 is 1.97. The van der Waals surface area contributed by atoms with E-state index < -0.39 is 11.0 Å². The summed E-state index contributed by atoms with van der Waals surface area (Å²) in [6.07, 6.45) is -0.842. The minimum Gasteiger partial charge on any atom is -0.394 e. The average molecular weight is 338 g/mol. The fourth-order valence-corrected chi connectivity index (χ4v) is 1.74. The van der Waals surface area contributed by atoms with Crippen molar-refractivity contribution >= 4 is 34.0 Å². The number of aliphatic hydroxyl groups is 2. The number of halogens is 1. The van der Waals surface area contributed by atoms with Crippen molar-refractivity contribution < 1.29 is 15.1 Å². The van der Waals surface area contributed by atoms with Gasteiger partial charge in [0, 0.05) is 27.9 Å². The lowest BCUT2D eigenvalue weighted by Gasteiger charge is -2.11. The Morgan fingerprint density at radius 3 is 2.75 bits per heavy atom. The van der Waals surface area contributed by atoms with Crippen LogP contribution in [-0.2, 0) is 0 Å². The maximum atomic E-state index is 10.5. The summed E-state index contributed by atoms with van der Waals surface area (Å²) in [5.41, 5.74) is 0.719. The van der Waals surface area contributed by atoms with Crippen LogP contribution in [-0.4, -0.2) is 34.4 Å². The first-order valence-corrected chi connectivity index (χ1v) is 5.59. The Kier molecular flexibility index (Phi) is 4.90. The van der Waals surface area contributed by atoms with Crippen molar-refractivity contribution in [2.75, 3.05) is 18.5 Å². The van der Waals surface area contributed by atoms with E-state index >= 15 is 0 Å². The Bertz CT molecular complexity index is 386. The van der Waals surface area contributed by atoms with Crippen molar-refractivity contribution in [3.8, 4) is 0 Å². The Morgan fingerprint density at radius 1 is 1.56 bits per heavy atom. The fraction of sp³-hybridized carbons (Fsp3) is 0.333. The number of benzene rings is 1. The van der Waals surface area contributed by atoms with Crippen molar-refractivity contribution in [1.29, 1.82) is 0 Å². The van der Waals surface area contributed by atoms with Gasteiger partial charge in [0.05, 0.1) is 17.6 Å². The summed E-state index contributed by atoms with van der Waals surface area (Å²) in [5, 5.41) is 31.1. The second kappa shape index (κ2) is 5.97. The van der Waals surface area contributed by atoms with Crippen molar-refractivity contribution in [2.45, 2.75) is 6.10 Å². The van der Waals surface area contributed by atoms with Crippen molar-refractivity contribution in [2.24, 2.45) is 0 Å². The number of non-ortho nitro benzene ring substituents is 1. The molecular formula is C9H11IN2O4.